The molecule has 0 saturated carbocycles. The maximum Gasteiger partial charge on any atom is 0.422 e. The fourth-order valence-electron chi connectivity index (χ4n) is 2.42. The molecule has 134 valence electrons. The molecule has 2 amide bonds. The van der Waals surface area contributed by atoms with Crippen molar-refractivity contribution in [3.05, 3.63) is 24.3 Å². The normalized spacial score (nSPS) is 17.6. The highest BCUT2D eigenvalue weighted by Crippen LogP contribution is 2.22. The van der Waals surface area contributed by atoms with Crippen LogP contribution in [0.25, 0.3) is 0 Å². The summed E-state index contributed by atoms with van der Waals surface area (Å²) in [4.78, 5) is 13.9. The number of carbonyl (C=O) groups excluding carboxylic acids is 1. The summed E-state index contributed by atoms with van der Waals surface area (Å²) in [7, 11) is 0. The van der Waals surface area contributed by atoms with E-state index in [1.807, 2.05) is 6.92 Å². The molecule has 2 rings (SSSR count). The van der Waals surface area contributed by atoms with E-state index in [9.17, 15) is 18.0 Å². The Balaban J connectivity index is 1.92. The smallest absolute Gasteiger partial charge is 0.422 e. The van der Waals surface area contributed by atoms with Gasteiger partial charge in [0.1, 0.15) is 5.75 Å². The first kappa shape index (κ1) is 18.4. The summed E-state index contributed by atoms with van der Waals surface area (Å²) in [5, 5.41) is 2.67. The van der Waals surface area contributed by atoms with Crippen molar-refractivity contribution in [3.63, 3.8) is 0 Å². The SMILES string of the molecule is CCN(CC1CCCO1)C(=O)Nc1cccc(OCC(F)(F)F)c1. The number of urea groups is 1. The highest BCUT2D eigenvalue weighted by atomic mass is 19.4. The molecule has 1 unspecified atom stereocenters. The molecule has 1 fully saturated rings. The second-order valence-electron chi connectivity index (χ2n) is 5.54. The second-order valence-corrected chi connectivity index (χ2v) is 5.54. The lowest BCUT2D eigenvalue weighted by atomic mass is 10.2. The number of anilines is 1. The minimum Gasteiger partial charge on any atom is -0.484 e. The largest absolute Gasteiger partial charge is 0.484 e. The molecule has 1 N–H and O–H groups in total. The van der Waals surface area contributed by atoms with Crippen molar-refractivity contribution in [2.45, 2.75) is 32.0 Å². The number of hydrogen-bond donors (Lipinski definition) is 1. The van der Waals surface area contributed by atoms with Crippen LogP contribution in [0.1, 0.15) is 19.8 Å². The second kappa shape index (κ2) is 8.23. The van der Waals surface area contributed by atoms with Gasteiger partial charge in [-0.25, -0.2) is 4.79 Å². The van der Waals surface area contributed by atoms with E-state index >= 15 is 0 Å². The molecule has 0 radical (unpaired) electrons. The molecule has 1 aliphatic heterocycles. The van der Waals surface area contributed by atoms with E-state index in [1.165, 1.54) is 18.2 Å². The van der Waals surface area contributed by atoms with Gasteiger partial charge >= 0.3 is 12.2 Å². The van der Waals surface area contributed by atoms with Gasteiger partial charge in [0.15, 0.2) is 6.61 Å². The van der Waals surface area contributed by atoms with Crippen LogP contribution in [0.2, 0.25) is 0 Å². The predicted octanol–water partition coefficient (Wildman–Crippen LogP) is 3.66. The summed E-state index contributed by atoms with van der Waals surface area (Å²) in [5.74, 6) is 0.0484. The molecule has 1 heterocycles. The maximum absolute atomic E-state index is 12.3. The summed E-state index contributed by atoms with van der Waals surface area (Å²) < 4.78 is 46.7. The Bertz CT molecular complexity index is 546. The summed E-state index contributed by atoms with van der Waals surface area (Å²) in [6, 6.07) is 5.58. The molecule has 0 aromatic heterocycles. The van der Waals surface area contributed by atoms with Crippen LogP contribution in [0.3, 0.4) is 0 Å². The highest BCUT2D eigenvalue weighted by molar-refractivity contribution is 5.89. The Labute approximate surface area is 138 Å². The number of benzene rings is 1. The van der Waals surface area contributed by atoms with Crippen molar-refractivity contribution in [1.82, 2.24) is 4.90 Å². The van der Waals surface area contributed by atoms with Crippen molar-refractivity contribution in [2.75, 3.05) is 31.6 Å². The van der Waals surface area contributed by atoms with E-state index in [4.69, 9.17) is 4.74 Å². The first-order valence-corrected chi connectivity index (χ1v) is 7.84. The average molecular weight is 346 g/mol. The Morgan fingerprint density at radius 1 is 1.46 bits per heavy atom. The van der Waals surface area contributed by atoms with Crippen molar-refractivity contribution in [2.24, 2.45) is 0 Å². The molecular formula is C16H21F3N2O3. The molecule has 8 heteroatoms. The number of nitrogens with zero attached hydrogens (tertiary/aromatic N) is 1. The Kier molecular flexibility index (Phi) is 6.30. The fraction of sp³-hybridized carbons (Fsp3) is 0.562. The van der Waals surface area contributed by atoms with E-state index in [0.717, 1.165) is 12.8 Å². The summed E-state index contributed by atoms with van der Waals surface area (Å²) in [5.41, 5.74) is 0.380. The molecule has 1 aromatic carbocycles. The van der Waals surface area contributed by atoms with Crippen molar-refractivity contribution >= 4 is 11.7 Å². The van der Waals surface area contributed by atoms with Gasteiger partial charge in [-0.1, -0.05) is 6.07 Å². The average Bonchev–Trinajstić information content (AvgIpc) is 3.03. The lowest BCUT2D eigenvalue weighted by molar-refractivity contribution is -0.153. The molecule has 0 bridgehead atoms. The molecule has 1 atom stereocenters. The van der Waals surface area contributed by atoms with Crippen LogP contribution in [0.15, 0.2) is 24.3 Å². The topological polar surface area (TPSA) is 50.8 Å². The molecule has 5 nitrogen and oxygen atoms in total. The minimum absolute atomic E-state index is 0.0390. The number of ether oxygens (including phenoxy) is 2. The van der Waals surface area contributed by atoms with Gasteiger partial charge in [0.05, 0.1) is 6.10 Å². The monoisotopic (exact) mass is 346 g/mol. The number of carbonyl (C=O) groups is 1. The zero-order valence-electron chi connectivity index (χ0n) is 13.4. The minimum atomic E-state index is -4.40. The van der Waals surface area contributed by atoms with Crippen LogP contribution in [0.4, 0.5) is 23.7 Å². The first-order valence-electron chi connectivity index (χ1n) is 7.84. The highest BCUT2D eigenvalue weighted by Gasteiger charge is 2.28. The third kappa shape index (κ3) is 5.92. The molecular weight excluding hydrogens is 325 g/mol. The Morgan fingerprint density at radius 2 is 2.25 bits per heavy atom. The van der Waals surface area contributed by atoms with Crippen LogP contribution in [-0.2, 0) is 4.74 Å². The number of nitrogens with one attached hydrogen (secondary N) is 1. The van der Waals surface area contributed by atoms with Gasteiger partial charge in [0.2, 0.25) is 0 Å². The maximum atomic E-state index is 12.3. The Morgan fingerprint density at radius 3 is 2.88 bits per heavy atom. The van der Waals surface area contributed by atoms with Gasteiger partial charge in [-0.15, -0.1) is 0 Å². The number of rotatable bonds is 6. The van der Waals surface area contributed by atoms with Gasteiger partial charge in [0, 0.05) is 31.5 Å². The number of halogens is 3. The first-order chi connectivity index (χ1) is 11.4. The Hall–Kier alpha value is -1.96. The number of alkyl halides is 3. The third-order valence-corrected chi connectivity index (χ3v) is 3.60. The van der Waals surface area contributed by atoms with Gasteiger partial charge in [-0.3, -0.25) is 0 Å². The molecule has 1 saturated heterocycles. The fourth-order valence-corrected chi connectivity index (χ4v) is 2.42. The predicted molar refractivity (Wildman–Crippen MR) is 83.2 cm³/mol. The van der Waals surface area contributed by atoms with E-state index in [1.54, 1.807) is 11.0 Å². The van der Waals surface area contributed by atoms with Crippen LogP contribution in [-0.4, -0.2) is 49.5 Å². The quantitative estimate of drug-likeness (QED) is 0.855. The molecule has 0 aliphatic carbocycles. The van der Waals surface area contributed by atoms with Crippen LogP contribution < -0.4 is 10.1 Å². The summed E-state index contributed by atoms with van der Waals surface area (Å²) in [6.45, 7) is 2.20. The van der Waals surface area contributed by atoms with Crippen LogP contribution in [0.5, 0.6) is 5.75 Å². The molecule has 1 aromatic rings. The number of likely N-dealkylation sites (N-methyl/N-ethyl adjacent to an activating group) is 1. The van der Waals surface area contributed by atoms with Crippen LogP contribution in [0, 0.1) is 0 Å². The van der Waals surface area contributed by atoms with Crippen molar-refractivity contribution in [3.8, 4) is 5.75 Å². The molecule has 24 heavy (non-hydrogen) atoms. The number of amides is 2. The van der Waals surface area contributed by atoms with Gasteiger partial charge in [-0.2, -0.15) is 13.2 Å². The van der Waals surface area contributed by atoms with Crippen molar-refractivity contribution in [1.29, 1.82) is 0 Å². The number of hydrogen-bond acceptors (Lipinski definition) is 3. The van der Waals surface area contributed by atoms with E-state index < -0.39 is 12.8 Å². The van der Waals surface area contributed by atoms with Crippen molar-refractivity contribution < 1.29 is 27.4 Å². The van der Waals surface area contributed by atoms with E-state index in [0.29, 0.717) is 25.4 Å². The van der Waals surface area contributed by atoms with E-state index in [2.05, 4.69) is 10.1 Å². The van der Waals surface area contributed by atoms with Gasteiger partial charge in [-0.05, 0) is 31.9 Å². The summed E-state index contributed by atoms with van der Waals surface area (Å²) in [6.07, 6.45) is -2.45. The lowest BCUT2D eigenvalue weighted by Crippen LogP contribution is -2.39. The lowest BCUT2D eigenvalue weighted by Gasteiger charge is -2.24. The molecule has 1 aliphatic rings. The zero-order chi connectivity index (χ0) is 17.6. The third-order valence-electron chi connectivity index (χ3n) is 3.60. The zero-order valence-corrected chi connectivity index (χ0v) is 13.4. The summed E-state index contributed by atoms with van der Waals surface area (Å²) >= 11 is 0. The standard InChI is InChI=1S/C16H21F3N2O3/c1-2-21(10-14-7-4-8-23-14)15(22)20-12-5-3-6-13(9-12)24-11-16(17,18)19/h3,5-6,9,14H,2,4,7-8,10-11H2,1H3,(H,20,22). The molecule has 0 spiro atoms. The van der Waals surface area contributed by atoms with Gasteiger partial charge < -0.3 is 19.7 Å². The van der Waals surface area contributed by atoms with Crippen LogP contribution >= 0.6 is 0 Å². The van der Waals surface area contributed by atoms with E-state index in [-0.39, 0.29) is 17.9 Å². The van der Waals surface area contributed by atoms with Gasteiger partial charge in [0.25, 0.3) is 0 Å².